The molecule has 1 heterocycles. The standard InChI is InChI=1S/C35H33BrClN3O6S2/c36-28-13-18-31(19-14-28)39(47(43)44)20-3-4-21-40(34-9-2-1-8-32(34)35(41)42)48(45,46)24-26-7-5-6-25(22-26)10-16-30-17-12-27-11-15-29(37)23-33(27)38-30/h1-2,5-9,11-15,17-19,22-23H,3-4,10,16,20-21,24H2,(H,41,42)(H,43,44). The highest BCUT2D eigenvalue weighted by Crippen LogP contribution is 2.27. The Balaban J connectivity index is 1.31. The molecule has 0 amide bonds. The molecule has 0 saturated carbocycles. The number of pyridine rings is 1. The molecule has 2 N–H and O–H groups in total. The first-order valence-electron chi connectivity index (χ1n) is 15.1. The maximum Gasteiger partial charge on any atom is 0.337 e. The van der Waals surface area contributed by atoms with Gasteiger partial charge in [-0.15, -0.1) is 0 Å². The lowest BCUT2D eigenvalue weighted by Gasteiger charge is -2.27. The number of carbonyl (C=O) groups is 1. The van der Waals surface area contributed by atoms with Crippen molar-refractivity contribution in [2.45, 2.75) is 31.4 Å². The maximum absolute atomic E-state index is 14.0. The number of carboxylic acids is 1. The molecule has 5 aromatic rings. The maximum atomic E-state index is 14.0. The second kappa shape index (κ2) is 16.1. The molecule has 0 spiro atoms. The lowest BCUT2D eigenvalue weighted by Crippen LogP contribution is -2.35. The summed E-state index contributed by atoms with van der Waals surface area (Å²) in [5, 5.41) is 11.5. The zero-order valence-electron chi connectivity index (χ0n) is 25.7. The van der Waals surface area contributed by atoms with E-state index < -0.39 is 27.3 Å². The molecule has 0 radical (unpaired) electrons. The molecule has 9 nitrogen and oxygen atoms in total. The van der Waals surface area contributed by atoms with Gasteiger partial charge in [0.15, 0.2) is 0 Å². The van der Waals surface area contributed by atoms with E-state index in [9.17, 15) is 27.1 Å². The molecule has 4 aromatic carbocycles. The fraction of sp³-hybridized carbons (Fsp3) is 0.200. The molecule has 1 atom stereocenters. The fourth-order valence-electron chi connectivity index (χ4n) is 5.40. The first kappa shape index (κ1) is 35.5. The van der Waals surface area contributed by atoms with Crippen molar-refractivity contribution in [1.29, 1.82) is 0 Å². The van der Waals surface area contributed by atoms with E-state index in [1.807, 2.05) is 48.5 Å². The zero-order chi connectivity index (χ0) is 34.3. The third-order valence-corrected chi connectivity index (χ3v) is 11.0. The third kappa shape index (κ3) is 9.20. The van der Waals surface area contributed by atoms with E-state index >= 15 is 0 Å². The molecule has 0 saturated heterocycles. The average Bonchev–Trinajstić information content (AvgIpc) is 3.05. The highest BCUT2D eigenvalue weighted by molar-refractivity contribution is 9.10. The summed E-state index contributed by atoms with van der Waals surface area (Å²) in [4.78, 5) is 16.8. The first-order valence-corrected chi connectivity index (χ1v) is 18.9. The molecule has 0 fully saturated rings. The van der Waals surface area contributed by atoms with Crippen molar-refractivity contribution >= 4 is 77.1 Å². The summed E-state index contributed by atoms with van der Waals surface area (Å²) in [5.41, 5.74) is 3.69. The summed E-state index contributed by atoms with van der Waals surface area (Å²) in [6, 6.07) is 29.8. The van der Waals surface area contributed by atoms with E-state index in [1.54, 1.807) is 42.5 Å². The number of anilines is 2. The van der Waals surface area contributed by atoms with E-state index in [4.69, 9.17) is 16.6 Å². The number of rotatable bonds is 15. The van der Waals surface area contributed by atoms with Crippen LogP contribution in [-0.2, 0) is 39.9 Å². The van der Waals surface area contributed by atoms with Crippen LogP contribution in [0.5, 0.6) is 0 Å². The Kier molecular flexibility index (Phi) is 11.9. The van der Waals surface area contributed by atoms with E-state index in [0.717, 1.165) is 30.9 Å². The fourth-order valence-corrected chi connectivity index (χ4v) is 8.05. The Morgan fingerprint density at radius 2 is 1.56 bits per heavy atom. The number of nitrogens with zero attached hydrogens (tertiary/aromatic N) is 3. The van der Waals surface area contributed by atoms with Crippen molar-refractivity contribution in [2.24, 2.45) is 0 Å². The highest BCUT2D eigenvalue weighted by Gasteiger charge is 2.27. The van der Waals surface area contributed by atoms with Gasteiger partial charge in [-0.2, -0.15) is 0 Å². The molecule has 0 aliphatic carbocycles. The van der Waals surface area contributed by atoms with Gasteiger partial charge in [-0.05, 0) is 91.4 Å². The van der Waals surface area contributed by atoms with Crippen LogP contribution in [0.1, 0.15) is 40.0 Å². The second-order valence-corrected chi connectivity index (χ2v) is 15.3. The molecule has 0 aliphatic heterocycles. The minimum Gasteiger partial charge on any atom is -0.478 e. The van der Waals surface area contributed by atoms with Crippen molar-refractivity contribution in [2.75, 3.05) is 21.7 Å². The number of sulfonamides is 1. The smallest absolute Gasteiger partial charge is 0.337 e. The summed E-state index contributed by atoms with van der Waals surface area (Å²) in [6.07, 6.45) is 1.96. The number of unbranched alkanes of at least 4 members (excludes halogenated alkanes) is 1. The van der Waals surface area contributed by atoms with Crippen LogP contribution in [-0.4, -0.2) is 46.3 Å². The van der Waals surface area contributed by atoms with Gasteiger partial charge in [-0.1, -0.05) is 76.1 Å². The van der Waals surface area contributed by atoms with Gasteiger partial charge in [0.05, 0.1) is 28.2 Å². The number of aromatic nitrogens is 1. The van der Waals surface area contributed by atoms with E-state index in [1.165, 1.54) is 16.4 Å². The SMILES string of the molecule is O=C(O)c1ccccc1N(CCCCN(c1ccc(Br)cc1)S(=O)O)S(=O)(=O)Cc1cccc(CCc2ccc3ccc(Cl)cc3n2)c1. The largest absolute Gasteiger partial charge is 0.478 e. The molecule has 5 rings (SSSR count). The lowest BCUT2D eigenvalue weighted by molar-refractivity contribution is 0.0697. The van der Waals surface area contributed by atoms with Gasteiger partial charge < -0.3 is 5.11 Å². The van der Waals surface area contributed by atoms with Crippen LogP contribution in [0, 0.1) is 0 Å². The van der Waals surface area contributed by atoms with Crippen LogP contribution < -0.4 is 8.61 Å². The van der Waals surface area contributed by atoms with E-state index in [0.29, 0.717) is 42.0 Å². The van der Waals surface area contributed by atoms with Crippen LogP contribution in [0.25, 0.3) is 10.9 Å². The quantitative estimate of drug-likeness (QED) is 0.0819. The van der Waals surface area contributed by atoms with Crippen molar-refractivity contribution in [3.8, 4) is 0 Å². The second-order valence-electron chi connectivity index (χ2n) is 11.1. The van der Waals surface area contributed by atoms with E-state index in [-0.39, 0.29) is 30.1 Å². The van der Waals surface area contributed by atoms with Crippen molar-refractivity contribution in [3.63, 3.8) is 0 Å². The van der Waals surface area contributed by atoms with Gasteiger partial charge in [0.25, 0.3) is 11.3 Å². The Morgan fingerprint density at radius 1 is 0.854 bits per heavy atom. The monoisotopic (exact) mass is 769 g/mol. The number of aryl methyl sites for hydroxylation is 2. The van der Waals surface area contributed by atoms with Gasteiger partial charge in [0.2, 0.25) is 10.0 Å². The van der Waals surface area contributed by atoms with Crippen molar-refractivity contribution < 1.29 is 27.1 Å². The number of carboxylic acid groups (broad SMARTS) is 1. The van der Waals surface area contributed by atoms with Crippen LogP contribution >= 0.6 is 27.5 Å². The Hall–Kier alpha value is -3.81. The van der Waals surface area contributed by atoms with Crippen LogP contribution in [0.3, 0.4) is 0 Å². The zero-order valence-corrected chi connectivity index (χ0v) is 29.7. The molecule has 250 valence electrons. The first-order chi connectivity index (χ1) is 23.0. The minimum absolute atomic E-state index is 0.0177. The van der Waals surface area contributed by atoms with Crippen molar-refractivity contribution in [1.82, 2.24) is 4.98 Å². The molecule has 48 heavy (non-hydrogen) atoms. The Bertz CT molecular complexity index is 2050. The van der Waals surface area contributed by atoms with Crippen LogP contribution in [0.15, 0.2) is 108 Å². The number of hydrogen-bond donors (Lipinski definition) is 2. The van der Waals surface area contributed by atoms with Gasteiger partial charge in [0.1, 0.15) is 0 Å². The molecule has 1 unspecified atom stereocenters. The van der Waals surface area contributed by atoms with Crippen LogP contribution in [0.2, 0.25) is 5.02 Å². The molecule has 13 heteroatoms. The number of aromatic carboxylic acids is 1. The molecule has 0 aliphatic rings. The number of benzene rings is 4. The number of hydrogen-bond acceptors (Lipinski definition) is 5. The number of para-hydroxylation sites is 1. The predicted octanol–water partition coefficient (Wildman–Crippen LogP) is 7.89. The number of halogens is 2. The summed E-state index contributed by atoms with van der Waals surface area (Å²) in [7, 11) is -4.05. The van der Waals surface area contributed by atoms with Gasteiger partial charge in [0, 0.05) is 33.7 Å². The average molecular weight is 771 g/mol. The highest BCUT2D eigenvalue weighted by atomic mass is 79.9. The summed E-state index contributed by atoms with van der Waals surface area (Å²) in [5.74, 6) is -1.58. The molecular formula is C35H33BrClN3O6S2. The Labute approximate surface area is 295 Å². The van der Waals surface area contributed by atoms with E-state index in [2.05, 4.69) is 15.9 Å². The lowest BCUT2D eigenvalue weighted by atomic mass is 10.0. The summed E-state index contributed by atoms with van der Waals surface area (Å²) >= 11 is 7.21. The molecular weight excluding hydrogens is 738 g/mol. The predicted molar refractivity (Wildman–Crippen MR) is 195 cm³/mol. The normalized spacial score (nSPS) is 12.1. The minimum atomic E-state index is -4.05. The topological polar surface area (TPSA) is 128 Å². The molecule has 1 aromatic heterocycles. The molecule has 0 bridgehead atoms. The third-order valence-electron chi connectivity index (χ3n) is 7.74. The Morgan fingerprint density at radius 3 is 2.31 bits per heavy atom. The van der Waals surface area contributed by atoms with Gasteiger partial charge >= 0.3 is 5.97 Å². The van der Waals surface area contributed by atoms with Crippen LogP contribution in [0.4, 0.5) is 11.4 Å². The van der Waals surface area contributed by atoms with Gasteiger partial charge in [-0.25, -0.2) is 17.4 Å². The van der Waals surface area contributed by atoms with Gasteiger partial charge in [-0.3, -0.25) is 18.1 Å². The number of fused-ring (bicyclic) bond motifs is 1. The summed E-state index contributed by atoms with van der Waals surface area (Å²) < 4.78 is 53.3. The summed E-state index contributed by atoms with van der Waals surface area (Å²) in [6.45, 7) is 0.163. The van der Waals surface area contributed by atoms with Crippen molar-refractivity contribution in [3.05, 3.63) is 135 Å².